The molecule has 0 amide bonds. The highest BCUT2D eigenvalue weighted by atomic mass is 32.1. The van der Waals surface area contributed by atoms with E-state index in [-0.39, 0.29) is 5.56 Å². The fourth-order valence-corrected chi connectivity index (χ4v) is 5.06. The van der Waals surface area contributed by atoms with Crippen LogP contribution in [0.1, 0.15) is 49.5 Å². The van der Waals surface area contributed by atoms with Crippen LogP contribution in [-0.2, 0) is 19.4 Å². The van der Waals surface area contributed by atoms with E-state index in [1.807, 2.05) is 4.57 Å². The van der Waals surface area contributed by atoms with E-state index in [1.54, 1.807) is 11.3 Å². The molecule has 118 valence electrons. The van der Waals surface area contributed by atoms with Gasteiger partial charge in [-0.2, -0.15) is 0 Å². The number of rotatable bonds is 3. The van der Waals surface area contributed by atoms with Crippen LogP contribution in [0.15, 0.2) is 4.79 Å². The Labute approximate surface area is 134 Å². The molecule has 1 aliphatic carbocycles. The molecule has 0 aromatic carbocycles. The van der Waals surface area contributed by atoms with Gasteiger partial charge in [0.15, 0.2) is 0 Å². The number of thiophene rings is 1. The van der Waals surface area contributed by atoms with Crippen molar-refractivity contribution >= 4 is 27.5 Å². The van der Waals surface area contributed by atoms with Gasteiger partial charge in [-0.15, -0.1) is 11.3 Å². The fourth-order valence-electron chi connectivity index (χ4n) is 3.81. The zero-order valence-corrected chi connectivity index (χ0v) is 14.0. The molecule has 2 aromatic rings. The molecule has 0 radical (unpaired) electrons. The quantitative estimate of drug-likeness (QED) is 0.871. The highest BCUT2D eigenvalue weighted by Crippen LogP contribution is 2.34. The minimum atomic E-state index is 0.202. The molecular formula is C17H23N3OS. The molecule has 0 unspecified atom stereocenters. The summed E-state index contributed by atoms with van der Waals surface area (Å²) in [5.74, 6) is 0.912. The summed E-state index contributed by atoms with van der Waals surface area (Å²) in [6.07, 6.45) is 8.04. The van der Waals surface area contributed by atoms with Gasteiger partial charge in [-0.3, -0.25) is 9.36 Å². The smallest absolute Gasteiger partial charge is 0.263 e. The Morgan fingerprint density at radius 2 is 1.91 bits per heavy atom. The minimum Gasteiger partial charge on any atom is -0.342 e. The number of aryl methyl sites for hydroxylation is 2. The fraction of sp³-hybridized carbons (Fsp3) is 0.647. The van der Waals surface area contributed by atoms with Gasteiger partial charge in [0.2, 0.25) is 5.95 Å². The van der Waals surface area contributed by atoms with Gasteiger partial charge in [0.25, 0.3) is 5.56 Å². The topological polar surface area (TPSA) is 38.1 Å². The third kappa shape index (κ3) is 2.18. The molecule has 5 heteroatoms. The highest BCUT2D eigenvalue weighted by molar-refractivity contribution is 7.18. The van der Waals surface area contributed by atoms with Gasteiger partial charge in [-0.1, -0.05) is 6.92 Å². The number of hydrogen-bond acceptors (Lipinski definition) is 4. The molecule has 0 N–H and O–H groups in total. The summed E-state index contributed by atoms with van der Waals surface area (Å²) in [6.45, 7) is 4.98. The van der Waals surface area contributed by atoms with Crippen molar-refractivity contribution in [1.29, 1.82) is 0 Å². The van der Waals surface area contributed by atoms with Gasteiger partial charge >= 0.3 is 0 Å². The van der Waals surface area contributed by atoms with Gasteiger partial charge in [0.1, 0.15) is 4.83 Å². The van der Waals surface area contributed by atoms with Crippen LogP contribution in [0.5, 0.6) is 0 Å². The van der Waals surface area contributed by atoms with E-state index >= 15 is 0 Å². The van der Waals surface area contributed by atoms with Crippen LogP contribution in [0.2, 0.25) is 0 Å². The molecule has 4 rings (SSSR count). The van der Waals surface area contributed by atoms with Crippen molar-refractivity contribution in [3.05, 3.63) is 20.8 Å². The Balaban J connectivity index is 1.95. The highest BCUT2D eigenvalue weighted by Gasteiger charge is 2.24. The standard InChI is InChI=1S/C17H23N3OS/c1-2-9-20-16(21)14-12-7-3-4-8-13(12)22-15(14)18-17(20)19-10-5-6-11-19/h2-11H2,1H3. The Morgan fingerprint density at radius 3 is 2.68 bits per heavy atom. The largest absolute Gasteiger partial charge is 0.342 e. The molecular weight excluding hydrogens is 294 g/mol. The summed E-state index contributed by atoms with van der Waals surface area (Å²) in [5.41, 5.74) is 1.51. The third-order valence-corrected chi connectivity index (χ3v) is 6.08. The second kappa shape index (κ2) is 5.69. The lowest BCUT2D eigenvalue weighted by Crippen LogP contribution is -2.31. The number of aromatic nitrogens is 2. The number of anilines is 1. The average Bonchev–Trinajstić information content (AvgIpc) is 3.16. The number of nitrogens with zero attached hydrogens (tertiary/aromatic N) is 3. The molecule has 0 atom stereocenters. The maximum Gasteiger partial charge on any atom is 0.263 e. The van der Waals surface area contributed by atoms with Crippen LogP contribution < -0.4 is 10.5 Å². The van der Waals surface area contributed by atoms with Crippen molar-refractivity contribution in [2.24, 2.45) is 0 Å². The molecule has 0 saturated carbocycles. The molecule has 0 bridgehead atoms. The number of hydrogen-bond donors (Lipinski definition) is 0. The molecule has 1 saturated heterocycles. The van der Waals surface area contributed by atoms with Crippen molar-refractivity contribution < 1.29 is 0 Å². The summed E-state index contributed by atoms with van der Waals surface area (Å²) in [6, 6.07) is 0. The van der Waals surface area contributed by atoms with Crippen molar-refractivity contribution in [1.82, 2.24) is 9.55 Å². The zero-order valence-electron chi connectivity index (χ0n) is 13.2. The lowest BCUT2D eigenvalue weighted by atomic mass is 9.97. The first-order chi connectivity index (χ1) is 10.8. The van der Waals surface area contributed by atoms with E-state index in [1.165, 1.54) is 36.1 Å². The van der Waals surface area contributed by atoms with E-state index < -0.39 is 0 Å². The molecule has 3 heterocycles. The van der Waals surface area contributed by atoms with E-state index in [9.17, 15) is 4.79 Å². The summed E-state index contributed by atoms with van der Waals surface area (Å²) in [5, 5.41) is 0.927. The van der Waals surface area contributed by atoms with Gasteiger partial charge in [-0.25, -0.2) is 4.98 Å². The van der Waals surface area contributed by atoms with Crippen molar-refractivity contribution in [3.63, 3.8) is 0 Å². The second-order valence-electron chi connectivity index (χ2n) is 6.45. The minimum absolute atomic E-state index is 0.202. The van der Waals surface area contributed by atoms with Crippen molar-refractivity contribution in [2.45, 2.75) is 58.4 Å². The summed E-state index contributed by atoms with van der Waals surface area (Å²) in [7, 11) is 0. The van der Waals surface area contributed by atoms with Crippen molar-refractivity contribution in [3.8, 4) is 0 Å². The van der Waals surface area contributed by atoms with Crippen LogP contribution >= 0.6 is 11.3 Å². The summed E-state index contributed by atoms with van der Waals surface area (Å²) >= 11 is 1.76. The first-order valence-corrected chi connectivity index (χ1v) is 9.41. The van der Waals surface area contributed by atoms with E-state index in [2.05, 4.69) is 11.8 Å². The Hall–Kier alpha value is -1.36. The molecule has 0 spiro atoms. The van der Waals surface area contributed by atoms with E-state index in [4.69, 9.17) is 4.98 Å². The van der Waals surface area contributed by atoms with Crippen LogP contribution in [0.25, 0.3) is 10.2 Å². The molecule has 2 aliphatic rings. The number of fused-ring (bicyclic) bond motifs is 3. The van der Waals surface area contributed by atoms with E-state index in [0.717, 1.165) is 55.1 Å². The predicted molar refractivity (Wildman–Crippen MR) is 92.3 cm³/mol. The van der Waals surface area contributed by atoms with Crippen molar-refractivity contribution in [2.75, 3.05) is 18.0 Å². The zero-order chi connectivity index (χ0) is 15.1. The lowest BCUT2D eigenvalue weighted by molar-refractivity contribution is 0.634. The maximum absolute atomic E-state index is 13.1. The van der Waals surface area contributed by atoms with Gasteiger partial charge in [0, 0.05) is 24.5 Å². The van der Waals surface area contributed by atoms with Crippen LogP contribution in [0.4, 0.5) is 5.95 Å². The van der Waals surface area contributed by atoms with Crippen LogP contribution in [0.3, 0.4) is 0 Å². The Morgan fingerprint density at radius 1 is 1.14 bits per heavy atom. The first kappa shape index (κ1) is 14.2. The third-order valence-electron chi connectivity index (χ3n) is 4.89. The Bertz CT molecular complexity index is 755. The maximum atomic E-state index is 13.1. The van der Waals surface area contributed by atoms with Gasteiger partial charge in [0.05, 0.1) is 5.39 Å². The monoisotopic (exact) mass is 317 g/mol. The van der Waals surface area contributed by atoms with Crippen LogP contribution in [-0.4, -0.2) is 22.6 Å². The van der Waals surface area contributed by atoms with Crippen LogP contribution in [0, 0.1) is 0 Å². The average molecular weight is 317 g/mol. The van der Waals surface area contributed by atoms with E-state index in [0.29, 0.717) is 0 Å². The summed E-state index contributed by atoms with van der Waals surface area (Å²) in [4.78, 5) is 22.8. The first-order valence-electron chi connectivity index (χ1n) is 8.59. The Kier molecular flexibility index (Phi) is 3.68. The lowest BCUT2D eigenvalue weighted by Gasteiger charge is -2.21. The SMILES string of the molecule is CCCn1c(N2CCCC2)nc2sc3c(c2c1=O)CCCC3. The second-order valence-corrected chi connectivity index (χ2v) is 7.54. The normalized spacial score (nSPS) is 18.1. The molecule has 22 heavy (non-hydrogen) atoms. The predicted octanol–water partition coefficient (Wildman–Crippen LogP) is 3.35. The molecule has 1 aliphatic heterocycles. The molecule has 1 fully saturated rings. The molecule has 4 nitrogen and oxygen atoms in total. The van der Waals surface area contributed by atoms with Gasteiger partial charge in [-0.05, 0) is 50.5 Å². The van der Waals surface area contributed by atoms with Gasteiger partial charge < -0.3 is 4.90 Å². The summed E-state index contributed by atoms with van der Waals surface area (Å²) < 4.78 is 1.94. The molecule has 2 aromatic heterocycles.